The van der Waals surface area contributed by atoms with Gasteiger partial charge in [-0.2, -0.15) is 0 Å². The van der Waals surface area contributed by atoms with Gasteiger partial charge in [0.2, 0.25) is 0 Å². The molecule has 0 radical (unpaired) electrons. The molecule has 6 aromatic rings. The van der Waals surface area contributed by atoms with Gasteiger partial charge < -0.3 is 5.73 Å². The maximum atomic E-state index is 6.89. The largest absolute Gasteiger partial charge is 0.320 e. The first-order valence-corrected chi connectivity index (χ1v) is 21.8. The second-order valence-corrected chi connectivity index (χ2v) is 17.2. The summed E-state index contributed by atoms with van der Waals surface area (Å²) in [6.07, 6.45) is 33.9. The van der Waals surface area contributed by atoms with E-state index in [-0.39, 0.29) is 11.5 Å². The third-order valence-corrected chi connectivity index (χ3v) is 13.2. The lowest BCUT2D eigenvalue weighted by Gasteiger charge is -2.24. The summed E-state index contributed by atoms with van der Waals surface area (Å²) in [7, 11) is 0. The first-order valence-electron chi connectivity index (χ1n) is 20.1. The van der Waals surface area contributed by atoms with E-state index in [0.29, 0.717) is 0 Å². The van der Waals surface area contributed by atoms with Crippen molar-refractivity contribution in [2.75, 3.05) is 0 Å². The van der Waals surface area contributed by atoms with Crippen molar-refractivity contribution < 1.29 is 0 Å². The number of hydrogen-bond donors (Lipinski definition) is 1. The molecule has 0 amide bonds. The fraction of sp³-hybridized carbons (Fsp3) is 0.107. The lowest BCUT2D eigenvalue weighted by atomic mass is 9.80. The average Bonchev–Trinajstić information content (AvgIpc) is 3.86. The molecule has 1 atom stereocenters. The monoisotopic (exact) mass is 801 g/mol. The zero-order valence-corrected chi connectivity index (χ0v) is 36.0. The maximum absolute atomic E-state index is 6.89. The van der Waals surface area contributed by atoms with Crippen molar-refractivity contribution in [2.45, 2.75) is 33.7 Å². The lowest BCUT2D eigenvalue weighted by Crippen LogP contribution is -2.17. The zero-order chi connectivity index (χ0) is 41.4. The second kappa shape index (κ2) is 18.7. The highest BCUT2D eigenvalue weighted by Gasteiger charge is 2.35. The highest BCUT2D eigenvalue weighted by Crippen LogP contribution is 2.49. The van der Waals surface area contributed by atoms with E-state index >= 15 is 0 Å². The second-order valence-electron chi connectivity index (χ2n) is 15.0. The molecule has 1 unspecified atom stereocenters. The van der Waals surface area contributed by atoms with Crippen LogP contribution in [0.25, 0.3) is 48.0 Å². The van der Waals surface area contributed by atoms with E-state index in [4.69, 9.17) is 5.73 Å². The molecule has 2 heterocycles. The van der Waals surface area contributed by atoms with Crippen molar-refractivity contribution in [1.82, 2.24) is 0 Å². The fourth-order valence-electron chi connectivity index (χ4n) is 7.97. The maximum Gasteiger partial charge on any atom is 0.0551 e. The van der Waals surface area contributed by atoms with Gasteiger partial charge in [0.25, 0.3) is 0 Å². The molecule has 3 heteroatoms. The summed E-state index contributed by atoms with van der Waals surface area (Å²) in [5, 5.41) is 5.13. The van der Waals surface area contributed by atoms with Gasteiger partial charge in [0.05, 0.1) is 6.04 Å². The molecule has 2 aliphatic rings. The van der Waals surface area contributed by atoms with Gasteiger partial charge in [0.15, 0.2) is 0 Å². The number of benzene rings is 4. The quantitative estimate of drug-likeness (QED) is 0.152. The predicted molar refractivity (Wildman–Crippen MR) is 264 cm³/mol. The van der Waals surface area contributed by atoms with Crippen molar-refractivity contribution >= 4 is 70.7 Å². The third-order valence-electron chi connectivity index (χ3n) is 10.9. The summed E-state index contributed by atoms with van der Waals surface area (Å²) < 4.78 is 5.17. The Balaban J connectivity index is 0.000000235. The zero-order valence-electron chi connectivity index (χ0n) is 34.4. The van der Waals surface area contributed by atoms with E-state index in [0.717, 1.165) is 16.7 Å². The van der Waals surface area contributed by atoms with E-state index < -0.39 is 0 Å². The highest BCUT2D eigenvalue weighted by molar-refractivity contribution is 7.25. The van der Waals surface area contributed by atoms with E-state index in [2.05, 4.69) is 192 Å². The van der Waals surface area contributed by atoms with Crippen molar-refractivity contribution in [3.63, 3.8) is 0 Å². The summed E-state index contributed by atoms with van der Waals surface area (Å²) in [5.74, 6) is 0. The fourth-order valence-corrected chi connectivity index (χ4v) is 10.2. The van der Waals surface area contributed by atoms with E-state index in [9.17, 15) is 0 Å². The van der Waals surface area contributed by atoms with Crippen LogP contribution in [-0.2, 0) is 0 Å². The van der Waals surface area contributed by atoms with Gasteiger partial charge in [-0.25, -0.2) is 0 Å². The van der Waals surface area contributed by atoms with Crippen molar-refractivity contribution in [3.05, 3.63) is 244 Å². The number of fused-ring (bicyclic) bond motifs is 6. The van der Waals surface area contributed by atoms with E-state index in [1.165, 1.54) is 67.9 Å². The molecule has 0 spiro atoms. The molecule has 8 rings (SSSR count). The minimum atomic E-state index is -0.246. The molecule has 0 saturated carbocycles. The lowest BCUT2D eigenvalue weighted by molar-refractivity contribution is 0.576. The van der Waals surface area contributed by atoms with E-state index in [1.54, 1.807) is 0 Å². The Bertz CT molecular complexity index is 2960. The smallest absolute Gasteiger partial charge is 0.0551 e. The number of allylic oxidation sites excluding steroid dienone is 18. The predicted octanol–water partition coefficient (Wildman–Crippen LogP) is 14.4. The van der Waals surface area contributed by atoms with E-state index in [1.807, 2.05) is 66.0 Å². The molecule has 2 aromatic heterocycles. The summed E-state index contributed by atoms with van der Waals surface area (Å²) in [5.41, 5.74) is 16.5. The molecule has 1 nitrogen and oxygen atoms in total. The Morgan fingerprint density at radius 2 is 1.31 bits per heavy atom. The minimum absolute atomic E-state index is 0.00997. The van der Waals surface area contributed by atoms with Crippen LogP contribution in [0.1, 0.15) is 44.9 Å². The van der Waals surface area contributed by atoms with Crippen molar-refractivity contribution in [2.24, 2.45) is 11.1 Å². The van der Waals surface area contributed by atoms with Crippen LogP contribution in [0.5, 0.6) is 0 Å². The Kier molecular flexibility index (Phi) is 13.0. The number of thiophene rings is 2. The molecule has 59 heavy (non-hydrogen) atoms. The molecule has 0 aliphatic heterocycles. The van der Waals surface area contributed by atoms with Gasteiger partial charge in [-0.3, -0.25) is 0 Å². The first-order chi connectivity index (χ1) is 28.8. The van der Waals surface area contributed by atoms with Crippen LogP contribution in [0.4, 0.5) is 0 Å². The Morgan fingerprint density at radius 1 is 0.644 bits per heavy atom. The normalized spacial score (nSPS) is 20.1. The van der Waals surface area contributed by atoms with Crippen molar-refractivity contribution in [3.8, 4) is 0 Å². The number of hydrogen-bond acceptors (Lipinski definition) is 3. The third kappa shape index (κ3) is 8.70. The van der Waals surface area contributed by atoms with Crippen molar-refractivity contribution in [1.29, 1.82) is 0 Å². The van der Waals surface area contributed by atoms with Crippen LogP contribution >= 0.6 is 22.7 Å². The van der Waals surface area contributed by atoms with Crippen LogP contribution < -0.4 is 15.5 Å². The summed E-state index contributed by atoms with van der Waals surface area (Å²) in [4.78, 5) is 0. The summed E-state index contributed by atoms with van der Waals surface area (Å²) in [6, 6.07) is 34.2. The average molecular weight is 802 g/mol. The summed E-state index contributed by atoms with van der Waals surface area (Å²) in [6.45, 7) is 16.3. The molecule has 0 fully saturated rings. The molecular weight excluding hydrogens is 751 g/mol. The van der Waals surface area contributed by atoms with Gasteiger partial charge in [-0.05, 0) is 94.8 Å². The molecule has 2 N–H and O–H groups in total. The Labute approximate surface area is 357 Å². The van der Waals surface area contributed by atoms with Crippen LogP contribution in [-0.4, -0.2) is 0 Å². The van der Waals surface area contributed by atoms with Gasteiger partial charge in [-0.15, -0.1) is 22.7 Å². The molecule has 2 aliphatic carbocycles. The molecule has 292 valence electrons. The van der Waals surface area contributed by atoms with Crippen LogP contribution in [0.3, 0.4) is 0 Å². The summed E-state index contributed by atoms with van der Waals surface area (Å²) >= 11 is 3.68. The topological polar surface area (TPSA) is 26.0 Å². The number of rotatable bonds is 8. The molecule has 4 aromatic carbocycles. The molecule has 0 bridgehead atoms. The SMILES string of the molecule is C=C/C=C\C1=C(/C=C/C)C(C)(C)C(C=C)=C1/C=C\C.NC(C1=C/C=C/C=c2\c(sc3ccccc23)=C/C=C/C(c2ccc3sc4ccccc4c3c2)=C\1)c1ccccc1. The van der Waals surface area contributed by atoms with Crippen LogP contribution in [0.2, 0.25) is 0 Å². The first kappa shape index (κ1) is 41.1. The van der Waals surface area contributed by atoms with Crippen LogP contribution in [0, 0.1) is 5.41 Å². The number of nitrogens with two attached hydrogens (primary N) is 1. The standard InChI is InChI=1S/C37H27NS2.C19H24/c38-37(25-11-2-1-3-12-25)28-13-4-5-15-30-29-16-6-8-18-33(29)39-35(30)20-10-14-26(23-28)27-21-22-36-32(24-27)31-17-7-9-19-34(31)40-36;1-7-11-14-16-15(12-8-2)17(10-4)19(5,6)18(16)13-9-3/h1-24,37H,38H2;7-14H,1,4H2,2-3,5-6H3/b5-4+,13-4?,14-10+,15-5?,20-10?,26-14?,26-23+,28-13+,28-23?,30-15-,35-20+;12-8-,13-9+,14-11-. The van der Waals surface area contributed by atoms with Gasteiger partial charge in [0.1, 0.15) is 0 Å². The van der Waals surface area contributed by atoms with Gasteiger partial charge in [-0.1, -0.05) is 185 Å². The van der Waals surface area contributed by atoms with Gasteiger partial charge >= 0.3 is 0 Å². The highest BCUT2D eigenvalue weighted by atomic mass is 32.1. The molecule has 0 saturated heterocycles. The Hall–Kier alpha value is -6.10. The van der Waals surface area contributed by atoms with Crippen LogP contribution in [0.15, 0.2) is 223 Å². The Morgan fingerprint density at radius 3 is 2.03 bits per heavy atom. The minimum Gasteiger partial charge on any atom is -0.320 e. The van der Waals surface area contributed by atoms with Gasteiger partial charge in [0, 0.05) is 45.4 Å². The molecular formula is C56H51NS2.